The number of amides is 1. The maximum atomic E-state index is 12.4. The van der Waals surface area contributed by atoms with Crippen LogP contribution in [0.2, 0.25) is 0 Å². The van der Waals surface area contributed by atoms with Gasteiger partial charge in [-0.05, 0) is 25.3 Å². The Morgan fingerprint density at radius 3 is 2.86 bits per heavy atom. The molecule has 1 aromatic rings. The minimum absolute atomic E-state index is 0.175. The predicted molar refractivity (Wildman–Crippen MR) is 74.7 cm³/mol. The topological polar surface area (TPSA) is 92.5 Å². The molecule has 21 heavy (non-hydrogen) atoms. The number of aliphatic carboxylic acids is 1. The Hall–Kier alpha value is -2.18. The van der Waals surface area contributed by atoms with Crippen LogP contribution in [0.3, 0.4) is 0 Å². The number of carboxylic acid groups (broad SMARTS) is 1. The molecule has 0 aliphatic carbocycles. The fraction of sp³-hybridized carbons (Fsp3) is 0.571. The van der Waals surface area contributed by atoms with E-state index < -0.39 is 17.2 Å². The number of hydrogen-bond acceptors (Lipinski definition) is 4. The second-order valence-electron chi connectivity index (χ2n) is 5.27. The summed E-state index contributed by atoms with van der Waals surface area (Å²) in [5, 5.41) is 9.56. The van der Waals surface area contributed by atoms with Crippen LogP contribution >= 0.6 is 0 Å². The van der Waals surface area contributed by atoms with Crippen LogP contribution in [0.4, 0.5) is 0 Å². The van der Waals surface area contributed by atoms with Gasteiger partial charge in [-0.3, -0.25) is 9.36 Å². The lowest BCUT2D eigenvalue weighted by molar-refractivity contribution is -0.157. The fourth-order valence-electron chi connectivity index (χ4n) is 2.98. The number of carboxylic acids is 1. The van der Waals surface area contributed by atoms with Gasteiger partial charge in [-0.1, -0.05) is 13.3 Å². The number of likely N-dealkylation sites (tertiary alicyclic amines) is 1. The lowest BCUT2D eigenvalue weighted by Gasteiger charge is -2.34. The minimum Gasteiger partial charge on any atom is -0.479 e. The van der Waals surface area contributed by atoms with Gasteiger partial charge in [-0.15, -0.1) is 0 Å². The van der Waals surface area contributed by atoms with Crippen molar-refractivity contribution in [3.63, 3.8) is 0 Å². The average molecular weight is 293 g/mol. The van der Waals surface area contributed by atoms with Crippen LogP contribution < -0.4 is 5.69 Å². The monoisotopic (exact) mass is 293 g/mol. The van der Waals surface area contributed by atoms with E-state index in [-0.39, 0.29) is 12.5 Å². The second-order valence-corrected chi connectivity index (χ2v) is 5.27. The third-order valence-electron chi connectivity index (χ3n) is 3.94. The van der Waals surface area contributed by atoms with E-state index in [1.165, 1.54) is 21.9 Å². The van der Waals surface area contributed by atoms with Crippen molar-refractivity contribution in [1.82, 2.24) is 14.5 Å². The third-order valence-corrected chi connectivity index (χ3v) is 3.94. The smallest absolute Gasteiger partial charge is 0.347 e. The SMILES string of the molecule is CCCC1(C(=O)O)CCCN1C(=O)Cn1cccnc1=O. The molecule has 2 rings (SSSR count). The maximum absolute atomic E-state index is 12.4. The van der Waals surface area contributed by atoms with Crippen LogP contribution in [0, 0.1) is 0 Å². The first-order valence-corrected chi connectivity index (χ1v) is 7.06. The molecule has 1 fully saturated rings. The first-order valence-electron chi connectivity index (χ1n) is 7.06. The van der Waals surface area contributed by atoms with Gasteiger partial charge in [0.15, 0.2) is 0 Å². The average Bonchev–Trinajstić information content (AvgIpc) is 2.87. The zero-order chi connectivity index (χ0) is 15.5. The normalized spacial score (nSPS) is 21.5. The lowest BCUT2D eigenvalue weighted by atomic mass is 9.90. The Labute approximate surface area is 122 Å². The van der Waals surface area contributed by atoms with Crippen molar-refractivity contribution in [2.24, 2.45) is 0 Å². The number of rotatable bonds is 5. The Morgan fingerprint density at radius 2 is 2.24 bits per heavy atom. The summed E-state index contributed by atoms with van der Waals surface area (Å²) in [5.74, 6) is -1.31. The summed E-state index contributed by atoms with van der Waals surface area (Å²) in [4.78, 5) is 40.7. The summed E-state index contributed by atoms with van der Waals surface area (Å²) in [7, 11) is 0. The predicted octanol–water partition coefficient (Wildman–Crippen LogP) is 0.489. The van der Waals surface area contributed by atoms with Gasteiger partial charge in [0.1, 0.15) is 12.1 Å². The van der Waals surface area contributed by atoms with Crippen LogP contribution in [0.1, 0.15) is 32.6 Å². The van der Waals surface area contributed by atoms with Crippen molar-refractivity contribution < 1.29 is 14.7 Å². The van der Waals surface area contributed by atoms with Crippen molar-refractivity contribution in [1.29, 1.82) is 0 Å². The number of hydrogen-bond donors (Lipinski definition) is 1. The lowest BCUT2D eigenvalue weighted by Crippen LogP contribution is -2.54. The van der Waals surface area contributed by atoms with Crippen molar-refractivity contribution in [3.8, 4) is 0 Å². The number of carbonyl (C=O) groups is 2. The van der Waals surface area contributed by atoms with E-state index in [9.17, 15) is 19.5 Å². The molecule has 1 aliphatic heterocycles. The molecule has 1 unspecified atom stereocenters. The largest absolute Gasteiger partial charge is 0.479 e. The first kappa shape index (κ1) is 15.2. The molecule has 7 heteroatoms. The second kappa shape index (κ2) is 6.07. The van der Waals surface area contributed by atoms with Gasteiger partial charge in [0, 0.05) is 18.9 Å². The summed E-state index contributed by atoms with van der Waals surface area (Å²) in [6.07, 6.45) is 5.08. The fourth-order valence-corrected chi connectivity index (χ4v) is 2.98. The Bertz CT molecular complexity index is 598. The van der Waals surface area contributed by atoms with E-state index in [1.54, 1.807) is 6.07 Å². The highest BCUT2D eigenvalue weighted by Gasteiger charge is 2.48. The Balaban J connectivity index is 2.23. The summed E-state index contributed by atoms with van der Waals surface area (Å²) in [5.41, 5.74) is -1.64. The molecular weight excluding hydrogens is 274 g/mol. The maximum Gasteiger partial charge on any atom is 0.347 e. The van der Waals surface area contributed by atoms with E-state index in [2.05, 4.69) is 4.98 Å². The third kappa shape index (κ3) is 2.81. The standard InChI is InChI=1S/C14H19N3O4/c1-2-5-14(12(19)20)6-3-9-17(14)11(18)10-16-8-4-7-15-13(16)21/h4,7-8H,2-3,5-6,9-10H2,1H3,(H,19,20). The molecule has 0 saturated carbocycles. The Morgan fingerprint density at radius 1 is 1.48 bits per heavy atom. The summed E-state index contributed by atoms with van der Waals surface area (Å²) < 4.78 is 1.19. The van der Waals surface area contributed by atoms with Crippen LogP contribution in [-0.2, 0) is 16.1 Å². The van der Waals surface area contributed by atoms with E-state index in [0.29, 0.717) is 32.2 Å². The molecule has 1 aliphatic rings. The summed E-state index contributed by atoms with van der Waals surface area (Å²) in [6.45, 7) is 2.14. The summed E-state index contributed by atoms with van der Waals surface area (Å²) >= 11 is 0. The van der Waals surface area contributed by atoms with Gasteiger partial charge >= 0.3 is 11.7 Å². The molecule has 2 heterocycles. The van der Waals surface area contributed by atoms with Crippen LogP contribution in [0.5, 0.6) is 0 Å². The van der Waals surface area contributed by atoms with E-state index in [1.807, 2.05) is 6.92 Å². The molecule has 1 amide bonds. The van der Waals surface area contributed by atoms with Gasteiger partial charge < -0.3 is 10.0 Å². The van der Waals surface area contributed by atoms with Gasteiger partial charge in [0.2, 0.25) is 5.91 Å². The van der Waals surface area contributed by atoms with Crippen LogP contribution in [-0.4, -0.2) is 43.5 Å². The van der Waals surface area contributed by atoms with Crippen molar-refractivity contribution in [3.05, 3.63) is 28.9 Å². The van der Waals surface area contributed by atoms with Crippen molar-refractivity contribution in [2.45, 2.75) is 44.7 Å². The highest BCUT2D eigenvalue weighted by molar-refractivity contribution is 5.87. The zero-order valence-corrected chi connectivity index (χ0v) is 12.0. The number of aromatic nitrogens is 2. The van der Waals surface area contributed by atoms with Gasteiger partial charge in [0.25, 0.3) is 0 Å². The highest BCUT2D eigenvalue weighted by atomic mass is 16.4. The molecular formula is C14H19N3O4. The van der Waals surface area contributed by atoms with Gasteiger partial charge in [-0.25, -0.2) is 14.6 Å². The van der Waals surface area contributed by atoms with E-state index in [4.69, 9.17) is 0 Å². The zero-order valence-electron chi connectivity index (χ0n) is 12.0. The number of carbonyl (C=O) groups excluding carboxylic acids is 1. The molecule has 0 spiro atoms. The first-order chi connectivity index (χ1) is 10.0. The van der Waals surface area contributed by atoms with E-state index >= 15 is 0 Å². The molecule has 114 valence electrons. The quantitative estimate of drug-likeness (QED) is 0.853. The molecule has 0 bridgehead atoms. The molecule has 0 radical (unpaired) electrons. The molecule has 1 N–H and O–H groups in total. The molecule has 1 aromatic heterocycles. The Kier molecular flexibility index (Phi) is 4.40. The van der Waals surface area contributed by atoms with Gasteiger partial charge in [0.05, 0.1) is 0 Å². The summed E-state index contributed by atoms with van der Waals surface area (Å²) in [6, 6.07) is 1.56. The van der Waals surface area contributed by atoms with Crippen molar-refractivity contribution >= 4 is 11.9 Å². The molecule has 1 saturated heterocycles. The molecule has 7 nitrogen and oxygen atoms in total. The van der Waals surface area contributed by atoms with E-state index in [0.717, 1.165) is 0 Å². The van der Waals surface area contributed by atoms with Gasteiger partial charge in [-0.2, -0.15) is 0 Å². The number of nitrogens with zero attached hydrogens (tertiary/aromatic N) is 3. The highest BCUT2D eigenvalue weighted by Crippen LogP contribution is 2.34. The van der Waals surface area contributed by atoms with Crippen LogP contribution in [0.25, 0.3) is 0 Å². The molecule has 1 atom stereocenters. The molecule has 0 aromatic carbocycles. The van der Waals surface area contributed by atoms with Crippen LogP contribution in [0.15, 0.2) is 23.3 Å². The minimum atomic E-state index is -1.13. The van der Waals surface area contributed by atoms with Crippen molar-refractivity contribution in [2.75, 3.05) is 6.54 Å².